The third-order valence-corrected chi connectivity index (χ3v) is 2.62. The molecule has 5 heteroatoms. The van der Waals surface area contributed by atoms with E-state index in [2.05, 4.69) is 0 Å². The molecule has 0 heterocycles. The van der Waals surface area contributed by atoms with Crippen molar-refractivity contribution < 1.29 is 17.9 Å². The molecular weight excluding hydrogens is 243 g/mol. The summed E-state index contributed by atoms with van der Waals surface area (Å²) in [6.07, 6.45) is -4.24. The fourth-order valence-corrected chi connectivity index (χ4v) is 1.59. The molecule has 2 nitrogen and oxygen atoms in total. The van der Waals surface area contributed by atoms with Crippen LogP contribution in [0.1, 0.15) is 37.8 Å². The van der Waals surface area contributed by atoms with E-state index in [1.807, 2.05) is 19.1 Å². The Bertz CT molecular complexity index is 365. The van der Waals surface area contributed by atoms with Crippen molar-refractivity contribution in [2.75, 3.05) is 6.61 Å². The van der Waals surface area contributed by atoms with Gasteiger partial charge in [0.25, 0.3) is 0 Å². The van der Waals surface area contributed by atoms with E-state index in [1.165, 1.54) is 0 Å². The molecule has 0 saturated carbocycles. The van der Waals surface area contributed by atoms with E-state index < -0.39 is 12.6 Å². The molecule has 2 N–H and O–H groups in total. The summed E-state index contributed by atoms with van der Waals surface area (Å²) < 4.78 is 41.3. The maximum absolute atomic E-state index is 12.0. The number of benzene rings is 1. The first-order chi connectivity index (χ1) is 8.44. The van der Waals surface area contributed by atoms with Crippen LogP contribution in [0.4, 0.5) is 13.2 Å². The van der Waals surface area contributed by atoms with E-state index >= 15 is 0 Å². The van der Waals surface area contributed by atoms with E-state index in [0.29, 0.717) is 5.75 Å². The zero-order valence-electron chi connectivity index (χ0n) is 10.3. The van der Waals surface area contributed by atoms with Gasteiger partial charge in [-0.25, -0.2) is 0 Å². The fourth-order valence-electron chi connectivity index (χ4n) is 1.59. The molecule has 0 unspecified atom stereocenters. The van der Waals surface area contributed by atoms with Crippen molar-refractivity contribution in [3.05, 3.63) is 29.8 Å². The average molecular weight is 261 g/mol. The van der Waals surface area contributed by atoms with Crippen LogP contribution in [-0.2, 0) is 0 Å². The highest BCUT2D eigenvalue weighted by molar-refractivity contribution is 5.35. The lowest BCUT2D eigenvalue weighted by Gasteiger charge is -2.15. The Morgan fingerprint density at radius 3 is 2.56 bits per heavy atom. The minimum Gasteiger partial charge on any atom is -0.493 e. The molecule has 1 rings (SSSR count). The number of hydrogen-bond acceptors (Lipinski definition) is 2. The molecule has 0 saturated heterocycles. The molecule has 1 aromatic carbocycles. The maximum atomic E-state index is 12.0. The monoisotopic (exact) mass is 261 g/mol. The number of ether oxygens (including phenoxy) is 1. The molecule has 0 fully saturated rings. The molecule has 0 aliphatic carbocycles. The molecule has 0 radical (unpaired) electrons. The number of hydrogen-bond donors (Lipinski definition) is 1. The molecular formula is C13H18F3NO. The third kappa shape index (κ3) is 4.96. The van der Waals surface area contributed by atoms with Gasteiger partial charge in [-0.05, 0) is 18.9 Å². The second kappa shape index (κ2) is 6.64. The predicted octanol–water partition coefficient (Wildman–Crippen LogP) is 3.82. The number of para-hydroxylation sites is 1. The van der Waals surface area contributed by atoms with Crippen LogP contribution < -0.4 is 10.5 Å². The van der Waals surface area contributed by atoms with Gasteiger partial charge >= 0.3 is 6.18 Å². The first kappa shape index (κ1) is 14.8. The maximum Gasteiger partial charge on any atom is 0.389 e. The van der Waals surface area contributed by atoms with E-state index in [-0.39, 0.29) is 19.1 Å². The number of rotatable bonds is 6. The van der Waals surface area contributed by atoms with Crippen LogP contribution in [-0.4, -0.2) is 12.8 Å². The minimum absolute atomic E-state index is 0.0425. The van der Waals surface area contributed by atoms with Crippen LogP contribution in [0, 0.1) is 0 Å². The van der Waals surface area contributed by atoms with Crippen LogP contribution in [0.15, 0.2) is 24.3 Å². The lowest BCUT2D eigenvalue weighted by Crippen LogP contribution is -2.13. The van der Waals surface area contributed by atoms with Gasteiger partial charge < -0.3 is 10.5 Å². The van der Waals surface area contributed by atoms with Crippen molar-refractivity contribution in [2.45, 2.75) is 38.4 Å². The van der Waals surface area contributed by atoms with Gasteiger partial charge in [0.05, 0.1) is 6.61 Å². The van der Waals surface area contributed by atoms with Crippen LogP contribution in [0.2, 0.25) is 0 Å². The summed E-state index contributed by atoms with van der Waals surface area (Å²) in [4.78, 5) is 0. The van der Waals surface area contributed by atoms with Crippen molar-refractivity contribution in [2.24, 2.45) is 5.73 Å². The fraction of sp³-hybridized carbons (Fsp3) is 0.538. The molecule has 0 aromatic heterocycles. The van der Waals surface area contributed by atoms with Crippen LogP contribution in [0.5, 0.6) is 5.75 Å². The first-order valence-electron chi connectivity index (χ1n) is 5.98. The Balaban J connectivity index is 2.52. The topological polar surface area (TPSA) is 35.2 Å². The standard InChI is InChI=1S/C13H18F3NO/c1-2-11(17)10-6-3-4-7-12(10)18-9-5-8-13(14,15)16/h3-4,6-7,11H,2,5,8-9,17H2,1H3/t11-/m1/s1. The van der Waals surface area contributed by atoms with Crippen molar-refractivity contribution in [1.29, 1.82) is 0 Å². The summed E-state index contributed by atoms with van der Waals surface area (Å²) in [5.41, 5.74) is 6.75. The highest BCUT2D eigenvalue weighted by Gasteiger charge is 2.26. The van der Waals surface area contributed by atoms with E-state index in [0.717, 1.165) is 12.0 Å². The Morgan fingerprint density at radius 1 is 1.28 bits per heavy atom. The summed E-state index contributed by atoms with van der Waals surface area (Å²) in [5.74, 6) is 0.578. The second-order valence-corrected chi connectivity index (χ2v) is 4.12. The molecule has 0 bridgehead atoms. The molecule has 0 spiro atoms. The summed E-state index contributed by atoms with van der Waals surface area (Å²) in [6.45, 7) is 2.00. The highest BCUT2D eigenvalue weighted by Crippen LogP contribution is 2.26. The van der Waals surface area contributed by atoms with E-state index in [9.17, 15) is 13.2 Å². The van der Waals surface area contributed by atoms with Crippen molar-refractivity contribution in [3.63, 3.8) is 0 Å². The number of alkyl halides is 3. The summed E-state index contributed by atoms with van der Waals surface area (Å²) in [6, 6.07) is 7.05. The second-order valence-electron chi connectivity index (χ2n) is 4.12. The molecule has 102 valence electrons. The third-order valence-electron chi connectivity index (χ3n) is 2.62. The largest absolute Gasteiger partial charge is 0.493 e. The summed E-state index contributed by atoms with van der Waals surface area (Å²) in [5, 5.41) is 0. The van der Waals surface area contributed by atoms with Crippen molar-refractivity contribution in [3.8, 4) is 5.75 Å². The minimum atomic E-state index is -4.12. The highest BCUT2D eigenvalue weighted by atomic mass is 19.4. The van der Waals surface area contributed by atoms with Crippen molar-refractivity contribution in [1.82, 2.24) is 0 Å². The van der Waals surface area contributed by atoms with Gasteiger partial charge in [0.15, 0.2) is 0 Å². The molecule has 1 atom stereocenters. The van der Waals surface area contributed by atoms with Gasteiger partial charge in [0.1, 0.15) is 5.75 Å². The van der Waals surface area contributed by atoms with E-state index in [4.69, 9.17) is 10.5 Å². The van der Waals surface area contributed by atoms with Gasteiger partial charge in [-0.15, -0.1) is 0 Å². The Labute approximate surface area is 105 Å². The van der Waals surface area contributed by atoms with Crippen LogP contribution in [0.3, 0.4) is 0 Å². The molecule has 1 aromatic rings. The van der Waals surface area contributed by atoms with Gasteiger partial charge in [-0.3, -0.25) is 0 Å². The molecule has 0 aliphatic rings. The first-order valence-corrected chi connectivity index (χ1v) is 5.98. The van der Waals surface area contributed by atoms with Crippen molar-refractivity contribution >= 4 is 0 Å². The zero-order chi connectivity index (χ0) is 13.6. The van der Waals surface area contributed by atoms with E-state index in [1.54, 1.807) is 12.1 Å². The predicted molar refractivity (Wildman–Crippen MR) is 64.4 cm³/mol. The Kier molecular flexibility index (Phi) is 5.47. The Hall–Kier alpha value is -1.23. The lowest BCUT2D eigenvalue weighted by molar-refractivity contribution is -0.136. The Morgan fingerprint density at radius 2 is 1.94 bits per heavy atom. The normalized spacial score (nSPS) is 13.4. The van der Waals surface area contributed by atoms with Gasteiger partial charge in [0, 0.05) is 18.0 Å². The SMILES string of the molecule is CC[C@@H](N)c1ccccc1OCCCC(F)(F)F. The summed E-state index contributed by atoms with van der Waals surface area (Å²) in [7, 11) is 0. The zero-order valence-corrected chi connectivity index (χ0v) is 10.3. The van der Waals surface area contributed by atoms with Crippen LogP contribution in [0.25, 0.3) is 0 Å². The number of halogens is 3. The number of nitrogens with two attached hydrogens (primary N) is 1. The van der Waals surface area contributed by atoms with Gasteiger partial charge in [-0.1, -0.05) is 25.1 Å². The summed E-state index contributed by atoms with van der Waals surface area (Å²) >= 11 is 0. The molecule has 18 heavy (non-hydrogen) atoms. The van der Waals surface area contributed by atoms with Gasteiger partial charge in [0.2, 0.25) is 0 Å². The van der Waals surface area contributed by atoms with Crippen LogP contribution >= 0.6 is 0 Å². The smallest absolute Gasteiger partial charge is 0.389 e. The molecule has 0 aliphatic heterocycles. The average Bonchev–Trinajstić information content (AvgIpc) is 2.33. The molecule has 0 amide bonds. The lowest BCUT2D eigenvalue weighted by atomic mass is 10.0. The van der Waals surface area contributed by atoms with Gasteiger partial charge in [-0.2, -0.15) is 13.2 Å². The quantitative estimate of drug-likeness (QED) is 0.790.